The molecule has 0 radical (unpaired) electrons. The van der Waals surface area contributed by atoms with E-state index < -0.39 is 11.6 Å². The largest absolute Gasteiger partial charge is 0.495 e. The van der Waals surface area contributed by atoms with E-state index in [0.717, 1.165) is 6.07 Å². The molecule has 0 aliphatic rings. The number of hydrogen-bond acceptors (Lipinski definition) is 2. The molecule has 2 nitrogen and oxygen atoms in total. The lowest BCUT2D eigenvalue weighted by molar-refractivity contribution is 0.417. The number of nitrogens with two attached hydrogens (primary N) is 1. The van der Waals surface area contributed by atoms with Gasteiger partial charge in [0.15, 0.2) is 0 Å². The Morgan fingerprint density at radius 2 is 1.82 bits per heavy atom. The van der Waals surface area contributed by atoms with Crippen LogP contribution in [0.3, 0.4) is 0 Å². The number of methoxy groups -OCH3 is 1. The van der Waals surface area contributed by atoms with E-state index in [2.05, 4.69) is 0 Å². The maximum atomic E-state index is 13.5. The summed E-state index contributed by atoms with van der Waals surface area (Å²) in [5, 5.41) is 0. The van der Waals surface area contributed by atoms with Crippen LogP contribution in [0.4, 0.5) is 14.5 Å². The van der Waals surface area contributed by atoms with Crippen LogP contribution in [0.25, 0.3) is 11.1 Å². The standard InChI is InChI=1S/C13H11F2NO/c1-17-13-5-2-8(6-12(13)16)10-4-3-9(14)7-11(10)15/h2-7H,16H2,1H3. The highest BCUT2D eigenvalue weighted by atomic mass is 19.1. The fourth-order valence-electron chi connectivity index (χ4n) is 1.63. The van der Waals surface area contributed by atoms with E-state index in [1.54, 1.807) is 18.2 Å². The Morgan fingerprint density at radius 3 is 2.41 bits per heavy atom. The Balaban J connectivity index is 2.50. The molecule has 0 saturated heterocycles. The zero-order chi connectivity index (χ0) is 12.4. The van der Waals surface area contributed by atoms with Crippen molar-refractivity contribution in [2.75, 3.05) is 12.8 Å². The number of halogens is 2. The first-order chi connectivity index (χ1) is 8.11. The predicted molar refractivity (Wildman–Crippen MR) is 62.8 cm³/mol. The highest BCUT2D eigenvalue weighted by Crippen LogP contribution is 2.29. The molecule has 0 aliphatic heterocycles. The summed E-state index contributed by atoms with van der Waals surface area (Å²) in [4.78, 5) is 0. The van der Waals surface area contributed by atoms with Gasteiger partial charge in [-0.2, -0.15) is 0 Å². The first-order valence-electron chi connectivity index (χ1n) is 5.01. The molecule has 2 aromatic carbocycles. The second-order valence-corrected chi connectivity index (χ2v) is 3.58. The zero-order valence-corrected chi connectivity index (χ0v) is 9.21. The molecule has 0 spiro atoms. The number of hydrogen-bond donors (Lipinski definition) is 1. The van der Waals surface area contributed by atoms with Gasteiger partial charge < -0.3 is 10.5 Å². The lowest BCUT2D eigenvalue weighted by Crippen LogP contribution is -1.93. The third-order valence-corrected chi connectivity index (χ3v) is 2.47. The van der Waals surface area contributed by atoms with Gasteiger partial charge in [0.05, 0.1) is 12.8 Å². The molecule has 0 saturated carbocycles. The summed E-state index contributed by atoms with van der Waals surface area (Å²) in [7, 11) is 1.50. The van der Waals surface area contributed by atoms with Crippen molar-refractivity contribution in [1.82, 2.24) is 0 Å². The van der Waals surface area contributed by atoms with Crippen LogP contribution in [0, 0.1) is 11.6 Å². The van der Waals surface area contributed by atoms with Crippen LogP contribution in [-0.4, -0.2) is 7.11 Å². The maximum absolute atomic E-state index is 13.5. The molecule has 0 aliphatic carbocycles. The van der Waals surface area contributed by atoms with Crippen molar-refractivity contribution < 1.29 is 13.5 Å². The summed E-state index contributed by atoms with van der Waals surface area (Å²) in [5.74, 6) is -0.696. The van der Waals surface area contributed by atoms with Crippen molar-refractivity contribution in [3.8, 4) is 16.9 Å². The third-order valence-electron chi connectivity index (χ3n) is 2.47. The van der Waals surface area contributed by atoms with Gasteiger partial charge in [0.2, 0.25) is 0 Å². The van der Waals surface area contributed by atoms with Gasteiger partial charge in [0.25, 0.3) is 0 Å². The molecule has 4 heteroatoms. The van der Waals surface area contributed by atoms with E-state index in [1.165, 1.54) is 19.2 Å². The second kappa shape index (κ2) is 4.41. The molecule has 17 heavy (non-hydrogen) atoms. The van der Waals surface area contributed by atoms with Crippen LogP contribution in [0.2, 0.25) is 0 Å². The van der Waals surface area contributed by atoms with Crippen molar-refractivity contribution in [2.24, 2.45) is 0 Å². The molecule has 0 heterocycles. The van der Waals surface area contributed by atoms with E-state index in [9.17, 15) is 8.78 Å². The summed E-state index contributed by atoms with van der Waals surface area (Å²) >= 11 is 0. The van der Waals surface area contributed by atoms with Crippen LogP contribution in [0.5, 0.6) is 5.75 Å². The number of rotatable bonds is 2. The molecular formula is C13H11F2NO. The highest BCUT2D eigenvalue weighted by Gasteiger charge is 2.08. The first-order valence-corrected chi connectivity index (χ1v) is 5.01. The molecular weight excluding hydrogens is 224 g/mol. The molecule has 0 amide bonds. The first kappa shape index (κ1) is 11.4. The summed E-state index contributed by atoms with van der Waals surface area (Å²) in [6.45, 7) is 0. The Kier molecular flexibility index (Phi) is 2.95. The summed E-state index contributed by atoms with van der Waals surface area (Å²) in [6, 6.07) is 8.34. The maximum Gasteiger partial charge on any atom is 0.141 e. The Bertz CT molecular complexity index is 555. The quantitative estimate of drug-likeness (QED) is 0.811. The Hall–Kier alpha value is -2.10. The average Bonchev–Trinajstić information content (AvgIpc) is 2.29. The predicted octanol–water partition coefficient (Wildman–Crippen LogP) is 3.22. The minimum Gasteiger partial charge on any atom is -0.495 e. The molecule has 2 rings (SSSR count). The van der Waals surface area contributed by atoms with E-state index >= 15 is 0 Å². The van der Waals surface area contributed by atoms with Crippen molar-refractivity contribution in [3.05, 3.63) is 48.0 Å². The fraction of sp³-hybridized carbons (Fsp3) is 0.0769. The average molecular weight is 235 g/mol. The van der Waals surface area contributed by atoms with Crippen LogP contribution in [-0.2, 0) is 0 Å². The summed E-state index contributed by atoms with van der Waals surface area (Å²) in [6.07, 6.45) is 0. The van der Waals surface area contributed by atoms with Gasteiger partial charge in [-0.3, -0.25) is 0 Å². The zero-order valence-electron chi connectivity index (χ0n) is 9.21. The number of nitrogen functional groups attached to an aromatic ring is 1. The summed E-state index contributed by atoms with van der Waals surface area (Å²) < 4.78 is 31.3. The molecule has 0 aromatic heterocycles. The van der Waals surface area contributed by atoms with Gasteiger partial charge >= 0.3 is 0 Å². The van der Waals surface area contributed by atoms with E-state index in [4.69, 9.17) is 10.5 Å². The fourth-order valence-corrected chi connectivity index (χ4v) is 1.63. The van der Waals surface area contributed by atoms with Crippen LogP contribution >= 0.6 is 0 Å². The lowest BCUT2D eigenvalue weighted by Gasteiger charge is -2.08. The van der Waals surface area contributed by atoms with E-state index in [0.29, 0.717) is 22.6 Å². The number of benzene rings is 2. The summed E-state index contributed by atoms with van der Waals surface area (Å²) in [5.41, 5.74) is 7.03. The SMILES string of the molecule is COc1ccc(-c2ccc(F)cc2F)cc1N. The lowest BCUT2D eigenvalue weighted by atomic mass is 10.0. The Labute approximate surface area is 97.6 Å². The van der Waals surface area contributed by atoms with Gasteiger partial charge in [-0.15, -0.1) is 0 Å². The van der Waals surface area contributed by atoms with Gasteiger partial charge in [0, 0.05) is 11.6 Å². The normalized spacial score (nSPS) is 10.3. The molecule has 0 unspecified atom stereocenters. The molecule has 2 N–H and O–H groups in total. The molecule has 0 atom stereocenters. The molecule has 88 valence electrons. The minimum atomic E-state index is -0.616. The Morgan fingerprint density at radius 1 is 1.06 bits per heavy atom. The molecule has 0 fully saturated rings. The second-order valence-electron chi connectivity index (χ2n) is 3.58. The number of anilines is 1. The molecule has 0 bridgehead atoms. The highest BCUT2D eigenvalue weighted by molar-refractivity contribution is 5.71. The van der Waals surface area contributed by atoms with Crippen molar-refractivity contribution in [2.45, 2.75) is 0 Å². The van der Waals surface area contributed by atoms with E-state index in [-0.39, 0.29) is 0 Å². The van der Waals surface area contributed by atoms with Crippen LogP contribution < -0.4 is 10.5 Å². The van der Waals surface area contributed by atoms with Gasteiger partial charge in [-0.25, -0.2) is 8.78 Å². The van der Waals surface area contributed by atoms with Gasteiger partial charge in [-0.1, -0.05) is 6.07 Å². The monoisotopic (exact) mass is 235 g/mol. The van der Waals surface area contributed by atoms with Crippen molar-refractivity contribution in [1.29, 1.82) is 0 Å². The van der Waals surface area contributed by atoms with Gasteiger partial charge in [-0.05, 0) is 29.8 Å². The number of ether oxygens (including phenoxy) is 1. The molecule has 2 aromatic rings. The topological polar surface area (TPSA) is 35.2 Å². The third kappa shape index (κ3) is 2.20. The van der Waals surface area contributed by atoms with Crippen LogP contribution in [0.15, 0.2) is 36.4 Å². The van der Waals surface area contributed by atoms with E-state index in [1.807, 2.05) is 0 Å². The minimum absolute atomic E-state index is 0.306. The van der Waals surface area contributed by atoms with Gasteiger partial charge in [0.1, 0.15) is 17.4 Å². The van der Waals surface area contributed by atoms with Crippen LogP contribution in [0.1, 0.15) is 0 Å². The smallest absolute Gasteiger partial charge is 0.141 e. The van der Waals surface area contributed by atoms with Crippen molar-refractivity contribution >= 4 is 5.69 Å². The van der Waals surface area contributed by atoms with Crippen molar-refractivity contribution in [3.63, 3.8) is 0 Å².